The smallest absolute Gasteiger partial charge is 0.490 e. The maximum Gasteiger partial charge on any atom is 0.490 e. The van der Waals surface area contributed by atoms with Crippen molar-refractivity contribution < 1.29 is 76.1 Å². The summed E-state index contributed by atoms with van der Waals surface area (Å²) < 4.78 is 51.9. The number of imidazole rings is 1. The number of nitrogens with zero attached hydrogens (tertiary/aromatic N) is 4. The van der Waals surface area contributed by atoms with E-state index < -0.39 is 66.4 Å². The Labute approximate surface area is 204 Å². The van der Waals surface area contributed by atoms with Crippen molar-refractivity contribution in [2.24, 2.45) is 0 Å². The zero-order chi connectivity index (χ0) is 28.3. The van der Waals surface area contributed by atoms with E-state index in [0.29, 0.717) is 0 Å². The first-order valence-corrected chi connectivity index (χ1v) is 13.8. The fourth-order valence-corrected chi connectivity index (χ4v) is 5.65. The molecule has 0 radical (unpaired) electrons. The third-order valence-corrected chi connectivity index (χ3v) is 7.91. The Balaban J connectivity index is 0.000000717. The Kier molecular flexibility index (Phi) is 9.77. The fourth-order valence-electron chi connectivity index (χ4n) is 2.62. The molecule has 37 heavy (non-hydrogen) atoms. The minimum absolute atomic E-state index is 0.0426. The molecule has 0 spiro atoms. The molecule has 1 aliphatic heterocycles. The van der Waals surface area contributed by atoms with Crippen LogP contribution in [0.5, 0.6) is 0 Å². The number of aromatic nitrogens is 4. The number of hydrogen-bond acceptors (Lipinski definition) is 16. The van der Waals surface area contributed by atoms with Gasteiger partial charge in [0, 0.05) is 6.92 Å². The molecule has 0 saturated carbocycles. The summed E-state index contributed by atoms with van der Waals surface area (Å²) in [6.07, 6.45) is -3.69. The maximum absolute atomic E-state index is 11.8. The zero-order valence-corrected chi connectivity index (χ0v) is 20.8. The molecule has 0 bridgehead atoms. The van der Waals surface area contributed by atoms with Crippen LogP contribution < -0.4 is 10.8 Å². The minimum Gasteiger partial charge on any atom is -0.542 e. The lowest BCUT2D eigenvalue weighted by Gasteiger charge is -2.19. The third-order valence-electron chi connectivity index (χ3n) is 4.10. The molecule has 2 aromatic heterocycles. The van der Waals surface area contributed by atoms with Gasteiger partial charge in [0.25, 0.3) is 0 Å². The van der Waals surface area contributed by atoms with E-state index >= 15 is 0 Å². The number of ketones is 1. The molecule has 2 unspecified atom stereocenters. The summed E-state index contributed by atoms with van der Waals surface area (Å²) in [5.41, 5.74) is 6.00. The van der Waals surface area contributed by atoms with Crippen molar-refractivity contribution in [2.45, 2.75) is 31.5 Å². The molecule has 6 atom stereocenters. The lowest BCUT2D eigenvalue weighted by molar-refractivity contribution is -0.299. The quantitative estimate of drug-likeness (QED) is 0.110. The number of ether oxygens (including phenoxy) is 1. The highest BCUT2D eigenvalue weighted by atomic mass is 31.3. The van der Waals surface area contributed by atoms with Crippen molar-refractivity contribution in [3.05, 3.63) is 12.7 Å². The van der Waals surface area contributed by atoms with E-state index in [9.17, 15) is 43.5 Å². The van der Waals surface area contributed by atoms with Gasteiger partial charge in [-0.15, -0.1) is 0 Å². The molecule has 3 heterocycles. The Bertz CT molecular complexity index is 1280. The van der Waals surface area contributed by atoms with Crippen LogP contribution in [0.2, 0.25) is 0 Å². The standard InChI is InChI=1S/C10H16N5O13P3.C3H4O3/c11-8-5-9(13-2-12-8)15(3-14-5)10-7(17)6(16)4(26-10)1-25-30(21,22)28-31(23,24)27-29(18,19)20;1-2(4)3(5)6/h2-4,6-7,10,16-17H,1H2,(H,21,22)(H,23,24)(H2,11,12,13)(H2,18,19,20);1H3,(H,5,6)/p-1/t4-,6-,7-,10-;/m1./s1. The van der Waals surface area contributed by atoms with E-state index in [1.54, 1.807) is 0 Å². The van der Waals surface area contributed by atoms with Gasteiger partial charge in [-0.05, 0) is 0 Å². The fraction of sp³-hybridized carbons (Fsp3) is 0.462. The monoisotopic (exact) mass is 594 g/mol. The van der Waals surface area contributed by atoms with E-state index in [4.69, 9.17) is 25.2 Å². The van der Waals surface area contributed by atoms with Crippen molar-refractivity contribution >= 4 is 52.2 Å². The molecule has 2 aromatic rings. The Hall–Kier alpha value is -2.22. The summed E-state index contributed by atoms with van der Waals surface area (Å²) in [7, 11) is -16.7. The first kappa shape index (κ1) is 31.0. The van der Waals surface area contributed by atoms with Gasteiger partial charge >= 0.3 is 23.5 Å². The number of Topliss-reactive ketones (excluding diaryl/α,β-unsaturated/α-hetero) is 1. The molecule has 24 heteroatoms. The van der Waals surface area contributed by atoms with Gasteiger partial charge in [0.15, 0.2) is 23.5 Å². The van der Waals surface area contributed by atoms with Crippen LogP contribution in [-0.2, 0) is 41.2 Å². The number of nitrogen functional groups attached to an aromatic ring is 1. The molecule has 1 saturated heterocycles. The number of carboxylic acid groups (broad SMARTS) is 1. The van der Waals surface area contributed by atoms with Crippen molar-refractivity contribution in [3.8, 4) is 0 Å². The summed E-state index contributed by atoms with van der Waals surface area (Å²) in [6.45, 7) is -0.0164. The predicted molar refractivity (Wildman–Crippen MR) is 111 cm³/mol. The van der Waals surface area contributed by atoms with E-state index in [0.717, 1.165) is 13.3 Å². The van der Waals surface area contributed by atoms with Crippen molar-refractivity contribution in [1.82, 2.24) is 19.5 Å². The predicted octanol–water partition coefficient (Wildman–Crippen LogP) is -3.30. The minimum atomic E-state index is -5.70. The highest BCUT2D eigenvalue weighted by molar-refractivity contribution is 7.66. The first-order valence-electron chi connectivity index (χ1n) is 9.28. The van der Waals surface area contributed by atoms with Gasteiger partial charge in [0.1, 0.15) is 36.1 Å². The molecular formula is C13H19N5O16P3-. The van der Waals surface area contributed by atoms with Crippen LogP contribution in [-0.4, -0.2) is 86.0 Å². The molecule has 1 fully saturated rings. The average Bonchev–Trinajstić information content (AvgIpc) is 3.27. The number of aliphatic carboxylic acids is 1. The van der Waals surface area contributed by atoms with Gasteiger partial charge in [-0.1, -0.05) is 0 Å². The summed E-state index contributed by atoms with van der Waals surface area (Å²) in [4.78, 5) is 66.0. The van der Waals surface area contributed by atoms with Gasteiger partial charge in [-0.2, -0.15) is 8.62 Å². The summed E-state index contributed by atoms with van der Waals surface area (Å²) in [5, 5.41) is 29.6. The van der Waals surface area contributed by atoms with Crippen molar-refractivity contribution in [3.63, 3.8) is 0 Å². The van der Waals surface area contributed by atoms with Crippen molar-refractivity contribution in [2.75, 3.05) is 12.3 Å². The van der Waals surface area contributed by atoms with Crippen LogP contribution >= 0.6 is 23.5 Å². The summed E-state index contributed by atoms with van der Waals surface area (Å²) in [5.74, 6) is -2.52. The molecule has 8 N–H and O–H groups in total. The second-order valence-electron chi connectivity index (χ2n) is 6.86. The number of carbonyl (C=O) groups is 2. The maximum atomic E-state index is 11.8. The summed E-state index contributed by atoms with van der Waals surface area (Å²) in [6, 6.07) is 0. The number of carbonyl (C=O) groups excluding carboxylic acids is 2. The van der Waals surface area contributed by atoms with Gasteiger partial charge in [-0.3, -0.25) is 13.9 Å². The van der Waals surface area contributed by atoms with E-state index in [1.807, 2.05) is 0 Å². The molecule has 3 rings (SSSR count). The topological polar surface area (TPSA) is 336 Å². The molecule has 1 aliphatic rings. The highest BCUT2D eigenvalue weighted by Crippen LogP contribution is 2.66. The largest absolute Gasteiger partial charge is 0.542 e. The molecule has 0 aromatic carbocycles. The van der Waals surface area contributed by atoms with Crippen LogP contribution in [0.4, 0.5) is 5.82 Å². The molecular weight excluding hydrogens is 575 g/mol. The number of aliphatic hydroxyl groups is 2. The van der Waals surface area contributed by atoms with E-state index in [2.05, 4.69) is 28.1 Å². The van der Waals surface area contributed by atoms with Gasteiger partial charge < -0.3 is 50.2 Å². The molecule has 21 nitrogen and oxygen atoms in total. The van der Waals surface area contributed by atoms with Crippen LogP contribution in [0.25, 0.3) is 11.2 Å². The Morgan fingerprint density at radius 2 is 1.68 bits per heavy atom. The van der Waals surface area contributed by atoms with E-state index in [-0.39, 0.29) is 17.0 Å². The van der Waals surface area contributed by atoms with Gasteiger partial charge in [-0.25, -0.2) is 28.6 Å². The number of carboxylic acids is 1. The average molecular weight is 594 g/mol. The second-order valence-corrected chi connectivity index (χ2v) is 11.3. The lowest BCUT2D eigenvalue weighted by Crippen LogP contribution is -2.33. The van der Waals surface area contributed by atoms with E-state index in [1.165, 1.54) is 10.9 Å². The lowest BCUT2D eigenvalue weighted by atomic mass is 10.1. The van der Waals surface area contributed by atoms with Crippen LogP contribution in [0.3, 0.4) is 0 Å². The number of phosphoric ester groups is 1. The van der Waals surface area contributed by atoms with Crippen LogP contribution in [0.1, 0.15) is 13.2 Å². The second kappa shape index (κ2) is 11.7. The SMILES string of the molecule is CC(=O)C(=O)[O-].Nc1ncnc2c1ncn2[C@@H]1O[C@H](COP(=O)(O)OP(=O)(O)OP(=O)(O)O)[C@@H](O)[C@H]1O. The van der Waals surface area contributed by atoms with Crippen LogP contribution in [0.15, 0.2) is 12.7 Å². The van der Waals surface area contributed by atoms with Gasteiger partial charge in [0.2, 0.25) is 0 Å². The molecule has 208 valence electrons. The number of phosphoric acid groups is 3. The molecule has 0 aliphatic carbocycles. The number of anilines is 1. The van der Waals surface area contributed by atoms with Crippen molar-refractivity contribution in [1.29, 1.82) is 0 Å². The molecule has 0 amide bonds. The first-order chi connectivity index (χ1) is 16.8. The zero-order valence-electron chi connectivity index (χ0n) is 18.1. The summed E-state index contributed by atoms with van der Waals surface area (Å²) >= 11 is 0. The number of fused-ring (bicyclic) bond motifs is 1. The number of aliphatic hydroxyl groups excluding tert-OH is 2. The number of rotatable bonds is 9. The highest BCUT2D eigenvalue weighted by Gasteiger charge is 2.47. The van der Waals surface area contributed by atoms with Gasteiger partial charge in [0.05, 0.1) is 12.9 Å². The Morgan fingerprint density at radius 1 is 1.08 bits per heavy atom. The number of hydrogen-bond donors (Lipinski definition) is 7. The van der Waals surface area contributed by atoms with Crippen LogP contribution in [0, 0.1) is 0 Å². The third kappa shape index (κ3) is 8.66. The Morgan fingerprint density at radius 3 is 2.22 bits per heavy atom. The normalized spacial score (nSPS) is 25.1. The number of nitrogens with two attached hydrogens (primary N) is 1.